The number of nitrogens with two attached hydrogens (primary N) is 1. The summed E-state index contributed by atoms with van der Waals surface area (Å²) in [6, 6.07) is 10.7. The summed E-state index contributed by atoms with van der Waals surface area (Å²) < 4.78 is 12.4. The van der Waals surface area contributed by atoms with E-state index < -0.39 is 17.1 Å². The molecule has 5 nitrogen and oxygen atoms in total. The monoisotopic (exact) mass is 351 g/mol. The number of halogens is 1. The van der Waals surface area contributed by atoms with Crippen molar-refractivity contribution in [1.82, 2.24) is 0 Å². The number of amides is 1. The van der Waals surface area contributed by atoms with E-state index in [1.165, 1.54) is 24.3 Å². The van der Waals surface area contributed by atoms with Gasteiger partial charge in [0.05, 0.1) is 0 Å². The average Bonchev–Trinajstić information content (AvgIpc) is 2.50. The van der Waals surface area contributed by atoms with Crippen LogP contribution in [0.5, 0.6) is 11.5 Å². The van der Waals surface area contributed by atoms with Crippen molar-refractivity contribution in [2.75, 3.05) is 0 Å². The van der Waals surface area contributed by atoms with Gasteiger partial charge in [-0.3, -0.25) is 4.79 Å². The van der Waals surface area contributed by atoms with E-state index in [9.17, 15) is 19.6 Å². The molecule has 0 aromatic heterocycles. The smallest absolute Gasteiger partial charge is 0.296 e. The van der Waals surface area contributed by atoms with Gasteiger partial charge in [-0.1, -0.05) is 29.8 Å². The summed E-state index contributed by atoms with van der Waals surface area (Å²) in [5.41, 5.74) is 6.44. The highest BCUT2D eigenvalue weighted by atomic mass is 35.5. The van der Waals surface area contributed by atoms with Crippen LogP contribution < -0.4 is 5.73 Å². The second-order valence-electron chi connectivity index (χ2n) is 4.74. The van der Waals surface area contributed by atoms with E-state index in [1.807, 2.05) is 0 Å². The Morgan fingerprint density at radius 2 is 1.83 bits per heavy atom. The van der Waals surface area contributed by atoms with Crippen molar-refractivity contribution in [2.45, 2.75) is 5.75 Å². The van der Waals surface area contributed by atoms with E-state index in [-0.39, 0.29) is 22.2 Å². The summed E-state index contributed by atoms with van der Waals surface area (Å²) >= 11 is 4.13. The molecule has 0 saturated heterocycles. The molecule has 1 atom stereocenters. The summed E-state index contributed by atoms with van der Waals surface area (Å²) in [5, 5.41) is 19.3. The van der Waals surface area contributed by atoms with Gasteiger partial charge in [0.1, 0.15) is 5.75 Å². The number of carbonyl (C=O) groups is 1. The Labute approximate surface area is 141 Å². The minimum absolute atomic E-state index is 0.0787. The van der Waals surface area contributed by atoms with Gasteiger partial charge in [0.25, 0.3) is 5.91 Å². The molecule has 120 valence electrons. The van der Waals surface area contributed by atoms with E-state index in [2.05, 4.69) is 0 Å². The lowest BCUT2D eigenvalue weighted by molar-refractivity contribution is -0.113. The molecule has 2 aromatic carbocycles. The molecular weight excluding hydrogens is 338 g/mol. The third kappa shape index (κ3) is 4.66. The normalized spacial score (nSPS) is 12.9. The van der Waals surface area contributed by atoms with Crippen LogP contribution in [0.4, 0.5) is 0 Å². The first-order valence-corrected chi connectivity index (χ1v) is 8.23. The molecule has 0 bridgehead atoms. The Kier molecular flexibility index (Phi) is 5.54. The highest BCUT2D eigenvalue weighted by Crippen LogP contribution is 2.27. The first-order valence-electron chi connectivity index (χ1n) is 6.53. The Morgan fingerprint density at radius 3 is 2.39 bits per heavy atom. The summed E-state index contributed by atoms with van der Waals surface area (Å²) in [7, 11) is 0. The van der Waals surface area contributed by atoms with Gasteiger partial charge in [0.2, 0.25) is 4.91 Å². The average molecular weight is 352 g/mol. The van der Waals surface area contributed by atoms with E-state index in [4.69, 9.17) is 17.3 Å². The largest absolute Gasteiger partial charge is 0.611 e. The van der Waals surface area contributed by atoms with Gasteiger partial charge in [-0.15, -0.1) is 0 Å². The zero-order chi connectivity index (χ0) is 17.0. The Morgan fingerprint density at radius 1 is 1.17 bits per heavy atom. The molecule has 0 radical (unpaired) electrons. The second kappa shape index (κ2) is 7.41. The predicted octanol–water partition coefficient (Wildman–Crippen LogP) is 2.53. The number of hydrogen-bond donors (Lipinski definition) is 3. The maximum atomic E-state index is 12.4. The van der Waals surface area contributed by atoms with E-state index in [0.29, 0.717) is 10.6 Å². The summed E-state index contributed by atoms with van der Waals surface area (Å²) in [6.45, 7) is 0. The summed E-state index contributed by atoms with van der Waals surface area (Å²) in [5.74, 6) is -1.34. The van der Waals surface area contributed by atoms with Crippen molar-refractivity contribution >= 4 is 34.8 Å². The number of benzene rings is 2. The van der Waals surface area contributed by atoms with E-state index in [0.717, 1.165) is 5.56 Å². The van der Waals surface area contributed by atoms with Crippen molar-refractivity contribution in [1.29, 1.82) is 0 Å². The molecule has 1 amide bonds. The van der Waals surface area contributed by atoms with Crippen molar-refractivity contribution in [3.05, 3.63) is 63.5 Å². The molecule has 0 saturated carbocycles. The fourth-order valence-electron chi connectivity index (χ4n) is 1.84. The predicted molar refractivity (Wildman–Crippen MR) is 90.2 cm³/mol. The van der Waals surface area contributed by atoms with Crippen molar-refractivity contribution in [2.24, 2.45) is 5.73 Å². The molecule has 2 rings (SSSR count). The zero-order valence-corrected chi connectivity index (χ0v) is 13.5. The number of primary amides is 1. The number of hydrogen-bond acceptors (Lipinski definition) is 4. The lowest BCUT2D eigenvalue weighted by Gasteiger charge is -2.12. The van der Waals surface area contributed by atoms with E-state index >= 15 is 0 Å². The minimum atomic E-state index is -1.66. The van der Waals surface area contributed by atoms with Crippen LogP contribution in [0.3, 0.4) is 0 Å². The summed E-state index contributed by atoms with van der Waals surface area (Å²) in [4.78, 5) is 11.5. The SMILES string of the molecule is NC(=O)/C(=C\c1ccc(O)c(O)c1)[S+]([O-])Cc1ccc(Cl)cc1. The van der Waals surface area contributed by atoms with Crippen molar-refractivity contribution < 1.29 is 19.6 Å². The number of carbonyl (C=O) groups excluding carboxylic acids is 1. The minimum Gasteiger partial charge on any atom is -0.611 e. The van der Waals surface area contributed by atoms with Gasteiger partial charge in [0.15, 0.2) is 11.5 Å². The third-order valence-electron chi connectivity index (χ3n) is 3.00. The van der Waals surface area contributed by atoms with E-state index in [1.54, 1.807) is 24.3 Å². The molecule has 0 aliphatic heterocycles. The molecule has 23 heavy (non-hydrogen) atoms. The van der Waals surface area contributed by atoms with Crippen LogP contribution in [0, 0.1) is 0 Å². The Hall–Kier alpha value is -2.15. The maximum absolute atomic E-state index is 12.4. The van der Waals surface area contributed by atoms with Crippen LogP contribution in [-0.2, 0) is 21.7 Å². The van der Waals surface area contributed by atoms with Crippen LogP contribution in [0.25, 0.3) is 6.08 Å². The van der Waals surface area contributed by atoms with Gasteiger partial charge in [0, 0.05) is 16.7 Å². The first kappa shape index (κ1) is 17.2. The highest BCUT2D eigenvalue weighted by Gasteiger charge is 2.21. The standard InChI is InChI=1S/C16H14ClNO4S/c17-12-4-1-10(2-5-12)9-23(22)15(16(18)21)8-11-3-6-13(19)14(20)7-11/h1-8,19-20H,9H2,(H2,18,21)/b15-8+. The van der Waals surface area contributed by atoms with Gasteiger partial charge in [-0.05, 0) is 41.0 Å². The second-order valence-corrected chi connectivity index (χ2v) is 6.59. The molecular formula is C16H14ClNO4S. The van der Waals surface area contributed by atoms with Crippen LogP contribution in [0.15, 0.2) is 47.4 Å². The van der Waals surface area contributed by atoms with Crippen LogP contribution in [0.2, 0.25) is 5.02 Å². The zero-order valence-electron chi connectivity index (χ0n) is 11.9. The van der Waals surface area contributed by atoms with Crippen molar-refractivity contribution in [3.8, 4) is 11.5 Å². The summed E-state index contributed by atoms with van der Waals surface area (Å²) in [6.07, 6.45) is 1.33. The van der Waals surface area contributed by atoms with Gasteiger partial charge in [-0.2, -0.15) is 0 Å². The Bertz CT molecular complexity index is 746. The topological polar surface area (TPSA) is 107 Å². The number of phenols is 2. The highest BCUT2D eigenvalue weighted by molar-refractivity contribution is 7.95. The van der Waals surface area contributed by atoms with Gasteiger partial charge in [-0.25, -0.2) is 0 Å². The number of rotatable bonds is 5. The maximum Gasteiger partial charge on any atom is 0.296 e. The molecule has 2 aromatic rings. The molecule has 0 fully saturated rings. The van der Waals surface area contributed by atoms with Crippen LogP contribution >= 0.6 is 11.6 Å². The fourth-order valence-corrected chi connectivity index (χ4v) is 3.11. The lowest BCUT2D eigenvalue weighted by Crippen LogP contribution is -2.22. The van der Waals surface area contributed by atoms with Crippen LogP contribution in [-0.4, -0.2) is 20.7 Å². The van der Waals surface area contributed by atoms with Gasteiger partial charge < -0.3 is 20.5 Å². The fraction of sp³-hybridized carbons (Fsp3) is 0.0625. The van der Waals surface area contributed by atoms with Crippen molar-refractivity contribution in [3.63, 3.8) is 0 Å². The molecule has 0 heterocycles. The molecule has 1 unspecified atom stereocenters. The molecule has 7 heteroatoms. The van der Waals surface area contributed by atoms with Gasteiger partial charge >= 0.3 is 0 Å². The Balaban J connectivity index is 2.26. The molecule has 4 N–H and O–H groups in total. The van der Waals surface area contributed by atoms with Crippen LogP contribution in [0.1, 0.15) is 11.1 Å². The molecule has 0 aliphatic carbocycles. The number of aromatic hydroxyl groups is 2. The third-order valence-corrected chi connectivity index (χ3v) is 4.65. The quantitative estimate of drug-likeness (QED) is 0.437. The lowest BCUT2D eigenvalue weighted by atomic mass is 10.2. The first-order chi connectivity index (χ1) is 10.9. The molecule has 0 spiro atoms. The molecule has 0 aliphatic rings. The number of phenolic OH excluding ortho intramolecular Hbond substituents is 2.